The van der Waals surface area contributed by atoms with E-state index in [0.717, 1.165) is 72.7 Å². The summed E-state index contributed by atoms with van der Waals surface area (Å²) in [6.45, 7) is 8.90. The highest BCUT2D eigenvalue weighted by Crippen LogP contribution is 2.62. The Bertz CT molecular complexity index is 1360. The van der Waals surface area contributed by atoms with Crippen LogP contribution in [0.2, 0.25) is 5.02 Å². The van der Waals surface area contributed by atoms with Gasteiger partial charge in [0.1, 0.15) is 6.54 Å². The molecule has 10 heteroatoms. The number of carbonyl (C=O) groups excluding carboxylic acids is 2. The van der Waals surface area contributed by atoms with Crippen LogP contribution in [-0.4, -0.2) is 94.0 Å². The maximum absolute atomic E-state index is 13.9. The summed E-state index contributed by atoms with van der Waals surface area (Å²) in [4.78, 5) is 34.0. The van der Waals surface area contributed by atoms with Crippen LogP contribution >= 0.6 is 11.6 Å². The number of halogens is 1. The monoisotopic (exact) mass is 580 g/mol. The predicted molar refractivity (Wildman–Crippen MR) is 157 cm³/mol. The molecule has 2 amide bonds. The van der Waals surface area contributed by atoms with Crippen molar-refractivity contribution in [3.8, 4) is 0 Å². The van der Waals surface area contributed by atoms with Crippen molar-refractivity contribution in [3.63, 3.8) is 0 Å². The molecular formula is C31H41ClN6O3. The van der Waals surface area contributed by atoms with Crippen LogP contribution in [0.5, 0.6) is 0 Å². The number of piperidine rings is 1. The largest absolute Gasteiger partial charge is 0.395 e. The van der Waals surface area contributed by atoms with Gasteiger partial charge in [-0.3, -0.25) is 14.3 Å². The highest BCUT2D eigenvalue weighted by molar-refractivity contribution is 6.31. The lowest BCUT2D eigenvalue weighted by molar-refractivity contribution is -0.135. The average molecular weight is 581 g/mol. The molecule has 2 N–H and O–H groups in total. The summed E-state index contributed by atoms with van der Waals surface area (Å²) in [5.41, 5.74) is 4.92. The third-order valence-corrected chi connectivity index (χ3v) is 11.0. The van der Waals surface area contributed by atoms with E-state index in [1.807, 2.05) is 21.7 Å². The normalized spacial score (nSPS) is 26.3. The number of likely N-dealkylation sites (tertiary alicyclic amines) is 1. The summed E-state index contributed by atoms with van der Waals surface area (Å²) < 4.78 is 1.88. The molecule has 9 nitrogen and oxygen atoms in total. The van der Waals surface area contributed by atoms with E-state index in [-0.39, 0.29) is 30.5 Å². The van der Waals surface area contributed by atoms with Crippen molar-refractivity contribution >= 4 is 29.1 Å². The van der Waals surface area contributed by atoms with Crippen molar-refractivity contribution in [2.24, 2.45) is 11.8 Å². The molecule has 2 saturated heterocycles. The number of anilines is 1. The van der Waals surface area contributed by atoms with Crippen LogP contribution in [0.15, 0.2) is 18.2 Å². The van der Waals surface area contributed by atoms with E-state index in [0.29, 0.717) is 55.7 Å². The number of aromatic nitrogens is 2. The number of nitrogens with one attached hydrogen (secondary N) is 1. The Hall–Kier alpha value is -2.62. The van der Waals surface area contributed by atoms with Gasteiger partial charge in [-0.15, -0.1) is 0 Å². The molecule has 41 heavy (non-hydrogen) atoms. The van der Waals surface area contributed by atoms with Crippen molar-refractivity contribution in [3.05, 3.63) is 45.7 Å². The number of hydrogen-bond acceptors (Lipinski definition) is 6. The third-order valence-electron chi connectivity index (χ3n) is 10.6. The molecule has 1 aromatic heterocycles. The van der Waals surface area contributed by atoms with Crippen LogP contribution in [0.3, 0.4) is 0 Å². The van der Waals surface area contributed by atoms with Crippen molar-refractivity contribution in [2.45, 2.75) is 70.0 Å². The van der Waals surface area contributed by atoms with E-state index in [9.17, 15) is 9.59 Å². The number of nitrogens with zero attached hydrogens (tertiary/aromatic N) is 5. The van der Waals surface area contributed by atoms with Crippen LogP contribution in [0.4, 0.5) is 5.69 Å². The van der Waals surface area contributed by atoms with E-state index in [1.54, 1.807) is 0 Å². The molecule has 2 saturated carbocycles. The number of rotatable bonds is 7. The zero-order valence-electron chi connectivity index (χ0n) is 24.1. The van der Waals surface area contributed by atoms with Gasteiger partial charge in [0, 0.05) is 67.3 Å². The zero-order valence-corrected chi connectivity index (χ0v) is 24.9. The summed E-state index contributed by atoms with van der Waals surface area (Å²) in [6, 6.07) is 6.39. The van der Waals surface area contributed by atoms with Gasteiger partial charge in [0.25, 0.3) is 5.91 Å². The number of benzene rings is 1. The highest BCUT2D eigenvalue weighted by atomic mass is 35.5. The molecule has 7 rings (SSSR count). The number of carbonyl (C=O) groups is 2. The highest BCUT2D eigenvalue weighted by Gasteiger charge is 2.57. The van der Waals surface area contributed by atoms with Gasteiger partial charge in [-0.2, -0.15) is 5.10 Å². The van der Waals surface area contributed by atoms with Gasteiger partial charge in [0.2, 0.25) is 5.91 Å². The molecule has 0 bridgehead atoms. The molecule has 0 radical (unpaired) electrons. The first-order valence-corrected chi connectivity index (χ1v) is 15.7. The van der Waals surface area contributed by atoms with Crippen molar-refractivity contribution in [2.75, 3.05) is 50.8 Å². The summed E-state index contributed by atoms with van der Waals surface area (Å²) in [6.07, 6.45) is 4.69. The number of hydrogen-bond donors (Lipinski definition) is 2. The topological polar surface area (TPSA) is 93.9 Å². The Morgan fingerprint density at radius 3 is 2.68 bits per heavy atom. The van der Waals surface area contributed by atoms with Crippen molar-refractivity contribution in [1.29, 1.82) is 0 Å². The fourth-order valence-corrected chi connectivity index (χ4v) is 8.10. The molecular weight excluding hydrogens is 540 g/mol. The van der Waals surface area contributed by atoms with E-state index >= 15 is 0 Å². The van der Waals surface area contributed by atoms with Gasteiger partial charge in [0.15, 0.2) is 5.69 Å². The van der Waals surface area contributed by atoms with Crippen molar-refractivity contribution in [1.82, 2.24) is 24.9 Å². The standard InChI is InChI=1S/C31H41ClN6O3/c1-19-22-16-25-28(27(19)22)29(30(41)35-11-6-21(7-12-35)33-10-15-39)34-38(25)17-26(40)37-14-13-36(18-31(37)8-9-31)24-5-3-4-23(32)20(24)2/h3-5,19,21-22,27,33,39H,6-18H2,1-2H3. The van der Waals surface area contributed by atoms with Crippen LogP contribution in [0.1, 0.15) is 65.8 Å². The van der Waals surface area contributed by atoms with Gasteiger partial charge >= 0.3 is 0 Å². The predicted octanol–water partition coefficient (Wildman–Crippen LogP) is 2.82. The van der Waals surface area contributed by atoms with Crippen LogP contribution in [0, 0.1) is 18.8 Å². The molecule has 220 valence electrons. The second kappa shape index (κ2) is 10.3. The molecule has 1 spiro atoms. The Balaban J connectivity index is 1.07. The number of piperazine rings is 1. The summed E-state index contributed by atoms with van der Waals surface area (Å²) in [5.74, 6) is 1.67. The Labute approximate surface area is 246 Å². The minimum Gasteiger partial charge on any atom is -0.395 e. The molecule has 2 aliphatic heterocycles. The SMILES string of the molecule is Cc1c(Cl)cccc1N1CCN(C(=O)Cn2nc(C(=O)N3CCC(NCCO)CC3)c3c2CC2C(C)C32)C2(CC2)C1. The molecule has 2 aromatic rings. The lowest BCUT2D eigenvalue weighted by Gasteiger charge is -2.43. The fourth-order valence-electron chi connectivity index (χ4n) is 7.93. The smallest absolute Gasteiger partial charge is 0.274 e. The van der Waals surface area contributed by atoms with Gasteiger partial charge in [-0.05, 0) is 74.5 Å². The molecule has 3 aliphatic carbocycles. The van der Waals surface area contributed by atoms with E-state index in [2.05, 4.69) is 35.0 Å². The molecule has 3 heterocycles. The summed E-state index contributed by atoms with van der Waals surface area (Å²) in [7, 11) is 0. The Morgan fingerprint density at radius 1 is 1.17 bits per heavy atom. The zero-order chi connectivity index (χ0) is 28.5. The summed E-state index contributed by atoms with van der Waals surface area (Å²) in [5, 5.41) is 18.1. The quantitative estimate of drug-likeness (QED) is 0.523. The minimum atomic E-state index is -0.121. The minimum absolute atomic E-state index is 0.0111. The van der Waals surface area contributed by atoms with Crippen LogP contribution in [0.25, 0.3) is 0 Å². The van der Waals surface area contributed by atoms with Crippen LogP contribution < -0.4 is 10.2 Å². The van der Waals surface area contributed by atoms with E-state index in [1.165, 1.54) is 0 Å². The molecule has 5 aliphatic rings. The number of aliphatic hydroxyl groups is 1. The first-order valence-electron chi connectivity index (χ1n) is 15.3. The van der Waals surface area contributed by atoms with Crippen LogP contribution in [-0.2, 0) is 17.8 Å². The van der Waals surface area contributed by atoms with E-state index < -0.39 is 0 Å². The Morgan fingerprint density at radius 2 is 1.95 bits per heavy atom. The number of amides is 2. The second-order valence-electron chi connectivity index (χ2n) is 12.9. The first kappa shape index (κ1) is 27.2. The van der Waals surface area contributed by atoms with Crippen molar-refractivity contribution < 1.29 is 14.7 Å². The molecule has 4 fully saturated rings. The summed E-state index contributed by atoms with van der Waals surface area (Å²) >= 11 is 6.42. The lowest BCUT2D eigenvalue weighted by atomic mass is 10.0. The number of fused-ring (bicyclic) bond motifs is 3. The average Bonchev–Trinajstić information content (AvgIpc) is 3.76. The van der Waals surface area contributed by atoms with Gasteiger partial charge < -0.3 is 25.1 Å². The second-order valence-corrected chi connectivity index (χ2v) is 13.3. The molecule has 3 atom stereocenters. The van der Waals surface area contributed by atoms with E-state index in [4.69, 9.17) is 21.8 Å². The first-order chi connectivity index (χ1) is 19.8. The van der Waals surface area contributed by atoms with Gasteiger partial charge in [-0.1, -0.05) is 24.6 Å². The third kappa shape index (κ3) is 4.64. The fraction of sp³-hybridized carbons (Fsp3) is 0.645. The van der Waals surface area contributed by atoms with Gasteiger partial charge in [0.05, 0.1) is 12.1 Å². The molecule has 1 aromatic carbocycles. The lowest BCUT2D eigenvalue weighted by Crippen LogP contribution is -2.58. The molecule has 3 unspecified atom stereocenters. The van der Waals surface area contributed by atoms with Gasteiger partial charge in [-0.25, -0.2) is 0 Å². The maximum atomic E-state index is 13.9. The Kier molecular flexibility index (Phi) is 6.83. The number of aliphatic hydroxyl groups excluding tert-OH is 1. The maximum Gasteiger partial charge on any atom is 0.274 e.